The molecule has 0 unspecified atom stereocenters. The number of rotatable bonds is 5. The minimum atomic E-state index is -4.07. The maximum atomic E-state index is 12.9. The van der Waals surface area contributed by atoms with Gasteiger partial charge in [-0.15, -0.1) is 0 Å². The maximum Gasteiger partial charge on any atom is 0.210 e. The van der Waals surface area contributed by atoms with Crippen molar-refractivity contribution in [2.75, 3.05) is 0 Å². The van der Waals surface area contributed by atoms with Crippen LogP contribution in [0.2, 0.25) is 0 Å². The third-order valence-corrected chi connectivity index (χ3v) is 7.79. The lowest BCUT2D eigenvalue weighted by atomic mass is 10.2. The van der Waals surface area contributed by atoms with Crippen LogP contribution in [0.15, 0.2) is 92.4 Å². The number of phenolic OH excluding ortho intramolecular Hbond substituents is 1. The fourth-order valence-electron chi connectivity index (χ4n) is 2.64. The molecule has 0 aliphatic rings. The highest BCUT2D eigenvalue weighted by Gasteiger charge is 2.25. The fraction of sp³-hybridized carbons (Fsp3) is 0.100. The summed E-state index contributed by atoms with van der Waals surface area (Å²) in [6.07, 6.45) is 0.760. The smallest absolute Gasteiger partial charge is 0.210 e. The van der Waals surface area contributed by atoms with Gasteiger partial charge in [0.15, 0.2) is 0 Å². The van der Waals surface area contributed by atoms with E-state index < -0.39 is 30.3 Å². The van der Waals surface area contributed by atoms with Gasteiger partial charge in [-0.3, -0.25) is 0 Å². The highest BCUT2D eigenvalue weighted by atomic mass is 32.2. The van der Waals surface area contributed by atoms with Gasteiger partial charge < -0.3 is 5.11 Å². The Hall–Kier alpha value is -2.64. The van der Waals surface area contributed by atoms with E-state index in [1.54, 1.807) is 30.3 Å². The van der Waals surface area contributed by atoms with Crippen LogP contribution in [-0.4, -0.2) is 21.9 Å². The molecule has 7 heteroatoms. The van der Waals surface area contributed by atoms with Gasteiger partial charge in [-0.25, -0.2) is 16.8 Å². The first-order valence-electron chi connectivity index (χ1n) is 8.24. The lowest BCUT2D eigenvalue weighted by molar-refractivity contribution is 0.458. The van der Waals surface area contributed by atoms with Gasteiger partial charge in [0.05, 0.1) is 14.7 Å². The molecule has 0 radical (unpaired) electrons. The number of aryl methyl sites for hydroxylation is 1. The Labute approximate surface area is 158 Å². The van der Waals surface area contributed by atoms with Gasteiger partial charge >= 0.3 is 0 Å². The van der Waals surface area contributed by atoms with E-state index in [0.717, 1.165) is 24.1 Å². The molecular formula is C20H18O5S2. The average molecular weight is 402 g/mol. The molecule has 140 valence electrons. The molecule has 0 aliphatic carbocycles. The zero-order valence-electron chi connectivity index (χ0n) is 14.5. The Morgan fingerprint density at radius 3 is 1.85 bits per heavy atom. The maximum absolute atomic E-state index is 12.9. The third-order valence-electron chi connectivity index (χ3n) is 4.23. The van der Waals surface area contributed by atoms with Crippen molar-refractivity contribution >= 4 is 19.7 Å². The summed E-state index contributed by atoms with van der Waals surface area (Å²) < 4.78 is 51.4. The van der Waals surface area contributed by atoms with Crippen molar-refractivity contribution in [1.82, 2.24) is 0 Å². The molecule has 0 fully saturated rings. The number of benzene rings is 3. The van der Waals surface area contributed by atoms with Crippen molar-refractivity contribution in [3.05, 3.63) is 78.4 Å². The quantitative estimate of drug-likeness (QED) is 0.704. The molecule has 3 rings (SSSR count). The number of phenols is 1. The van der Waals surface area contributed by atoms with Crippen LogP contribution in [0.4, 0.5) is 0 Å². The summed E-state index contributed by atoms with van der Waals surface area (Å²) in [6.45, 7) is 1.95. The number of sulfone groups is 2. The number of hydrogen-bond acceptors (Lipinski definition) is 5. The molecular weight excluding hydrogens is 384 g/mol. The second-order valence-electron chi connectivity index (χ2n) is 5.95. The van der Waals surface area contributed by atoms with E-state index in [1.807, 2.05) is 6.92 Å². The normalized spacial score (nSPS) is 12.0. The van der Waals surface area contributed by atoms with Crippen molar-refractivity contribution in [3.8, 4) is 5.75 Å². The summed E-state index contributed by atoms with van der Waals surface area (Å²) in [6, 6.07) is 17.3. The summed E-state index contributed by atoms with van der Waals surface area (Å²) in [5, 5.41) is 10.1. The van der Waals surface area contributed by atoms with E-state index >= 15 is 0 Å². The van der Waals surface area contributed by atoms with Crippen LogP contribution in [0.3, 0.4) is 0 Å². The minimum Gasteiger partial charge on any atom is -0.507 e. The van der Waals surface area contributed by atoms with E-state index in [9.17, 15) is 21.9 Å². The third kappa shape index (κ3) is 3.61. The van der Waals surface area contributed by atoms with Gasteiger partial charge in [0.25, 0.3) is 0 Å². The van der Waals surface area contributed by atoms with Crippen molar-refractivity contribution in [2.24, 2.45) is 0 Å². The van der Waals surface area contributed by atoms with Gasteiger partial charge in [-0.2, -0.15) is 0 Å². The molecule has 3 aromatic rings. The van der Waals surface area contributed by atoms with Gasteiger partial charge in [0.1, 0.15) is 10.6 Å². The number of aromatic hydroxyl groups is 1. The van der Waals surface area contributed by atoms with Crippen LogP contribution < -0.4 is 0 Å². The fourth-order valence-corrected chi connectivity index (χ4v) is 5.40. The van der Waals surface area contributed by atoms with Crippen LogP contribution in [0.25, 0.3) is 0 Å². The van der Waals surface area contributed by atoms with E-state index in [-0.39, 0.29) is 14.7 Å². The van der Waals surface area contributed by atoms with E-state index in [4.69, 9.17) is 0 Å². The standard InChI is InChI=1S/C20H18O5S2/c1-2-15-8-10-17(11-9-15)27(24,25)20-14-18(12-13-19(20)21)26(22,23)16-6-4-3-5-7-16/h3-14,21H,2H2,1H3. The van der Waals surface area contributed by atoms with Crippen LogP contribution >= 0.6 is 0 Å². The summed E-state index contributed by atoms with van der Waals surface area (Å²) in [7, 11) is -7.98. The predicted octanol–water partition coefficient (Wildman–Crippen LogP) is 3.62. The molecule has 0 bridgehead atoms. The highest BCUT2D eigenvalue weighted by molar-refractivity contribution is 7.92. The zero-order valence-corrected chi connectivity index (χ0v) is 16.2. The van der Waals surface area contributed by atoms with Crippen LogP contribution in [0.1, 0.15) is 12.5 Å². The Morgan fingerprint density at radius 1 is 0.704 bits per heavy atom. The highest BCUT2D eigenvalue weighted by Crippen LogP contribution is 2.32. The van der Waals surface area contributed by atoms with E-state index in [2.05, 4.69) is 0 Å². The first-order chi connectivity index (χ1) is 12.8. The topological polar surface area (TPSA) is 88.5 Å². The van der Waals surface area contributed by atoms with Crippen molar-refractivity contribution in [3.63, 3.8) is 0 Å². The number of hydrogen-bond donors (Lipinski definition) is 1. The van der Waals surface area contributed by atoms with Gasteiger partial charge in [-0.05, 0) is 54.4 Å². The minimum absolute atomic E-state index is 0.00995. The lowest BCUT2D eigenvalue weighted by Crippen LogP contribution is -2.06. The van der Waals surface area contributed by atoms with Crippen molar-refractivity contribution < 1.29 is 21.9 Å². The van der Waals surface area contributed by atoms with E-state index in [0.29, 0.717) is 0 Å². The van der Waals surface area contributed by atoms with Gasteiger partial charge in [0.2, 0.25) is 19.7 Å². The second kappa shape index (κ2) is 7.17. The Kier molecular flexibility index (Phi) is 5.08. The molecule has 0 atom stereocenters. The van der Waals surface area contributed by atoms with Crippen LogP contribution in [0, 0.1) is 0 Å². The largest absolute Gasteiger partial charge is 0.507 e. The molecule has 3 aromatic carbocycles. The molecule has 1 N–H and O–H groups in total. The Bertz CT molecular complexity index is 1160. The molecule has 0 spiro atoms. The molecule has 0 aliphatic heterocycles. The molecule has 5 nitrogen and oxygen atoms in total. The summed E-state index contributed by atoms with van der Waals surface area (Å²) in [5.74, 6) is -0.499. The Morgan fingerprint density at radius 2 is 1.26 bits per heavy atom. The van der Waals surface area contributed by atoms with Crippen LogP contribution in [-0.2, 0) is 26.1 Å². The van der Waals surface area contributed by atoms with Gasteiger partial charge in [-0.1, -0.05) is 37.3 Å². The zero-order chi connectivity index (χ0) is 19.7. The SMILES string of the molecule is CCc1ccc(S(=O)(=O)c2cc(S(=O)(=O)c3ccccc3)ccc2O)cc1. The second-order valence-corrected chi connectivity index (χ2v) is 9.81. The van der Waals surface area contributed by atoms with Gasteiger partial charge in [0, 0.05) is 0 Å². The lowest BCUT2D eigenvalue weighted by Gasteiger charge is -2.10. The summed E-state index contributed by atoms with van der Waals surface area (Å²) in [5.41, 5.74) is 0.971. The molecule has 0 saturated carbocycles. The van der Waals surface area contributed by atoms with Crippen molar-refractivity contribution in [2.45, 2.75) is 32.9 Å². The molecule has 27 heavy (non-hydrogen) atoms. The first kappa shape index (κ1) is 19.1. The molecule has 0 amide bonds. The molecule has 0 aromatic heterocycles. The van der Waals surface area contributed by atoms with Crippen molar-refractivity contribution in [1.29, 1.82) is 0 Å². The van der Waals surface area contributed by atoms with Crippen LogP contribution in [0.5, 0.6) is 5.75 Å². The predicted molar refractivity (Wildman–Crippen MR) is 101 cm³/mol. The molecule has 0 saturated heterocycles. The average Bonchev–Trinajstić information content (AvgIpc) is 2.68. The summed E-state index contributed by atoms with van der Waals surface area (Å²) in [4.78, 5) is -0.602. The molecule has 0 heterocycles. The monoisotopic (exact) mass is 402 g/mol. The summed E-state index contributed by atoms with van der Waals surface area (Å²) >= 11 is 0. The Balaban J connectivity index is 2.13. The first-order valence-corrected chi connectivity index (χ1v) is 11.2. The van der Waals surface area contributed by atoms with E-state index in [1.165, 1.54) is 30.3 Å².